The van der Waals surface area contributed by atoms with Gasteiger partial charge in [0.15, 0.2) is 0 Å². The molecular weight excluding hydrogens is 311 g/mol. The first-order valence-electron chi connectivity index (χ1n) is 5.82. The van der Waals surface area contributed by atoms with Gasteiger partial charge in [0.1, 0.15) is 11.6 Å². The molecule has 0 aliphatic carbocycles. The van der Waals surface area contributed by atoms with Crippen LogP contribution in [0.5, 0.6) is 0 Å². The van der Waals surface area contributed by atoms with Gasteiger partial charge in [-0.1, -0.05) is 15.9 Å². The summed E-state index contributed by atoms with van der Waals surface area (Å²) in [4.78, 5) is 11.1. The number of allylic oxidation sites excluding steroid dienone is 2. The highest BCUT2D eigenvalue weighted by molar-refractivity contribution is 9.11. The lowest BCUT2D eigenvalue weighted by atomic mass is 10.1. The van der Waals surface area contributed by atoms with Crippen LogP contribution in [0.25, 0.3) is 0 Å². The van der Waals surface area contributed by atoms with Gasteiger partial charge in [-0.3, -0.25) is 0 Å². The highest BCUT2D eigenvalue weighted by Gasteiger charge is 2.13. The van der Waals surface area contributed by atoms with Crippen molar-refractivity contribution in [2.45, 2.75) is 26.7 Å². The van der Waals surface area contributed by atoms with Crippen molar-refractivity contribution in [1.82, 2.24) is 0 Å². The Morgan fingerprint density at radius 2 is 1.89 bits per heavy atom. The van der Waals surface area contributed by atoms with Gasteiger partial charge in [0.05, 0.1) is 11.4 Å². The quantitative estimate of drug-likeness (QED) is 0.578. The highest BCUT2D eigenvalue weighted by atomic mass is 79.9. The first-order valence-corrected chi connectivity index (χ1v) is 6.62. The zero-order valence-electron chi connectivity index (χ0n) is 11.0. The first kappa shape index (κ1) is 15.6. The van der Waals surface area contributed by atoms with E-state index >= 15 is 0 Å². The Hall–Kier alpha value is -1.49. The number of Topliss-reactive ketones (excluding diaryl/α,β-unsaturated/α-hetero) is 1. The van der Waals surface area contributed by atoms with Crippen molar-refractivity contribution < 1.29 is 9.18 Å². The van der Waals surface area contributed by atoms with Crippen molar-refractivity contribution in [2.24, 2.45) is 5.10 Å². The number of hydrogen-bond acceptors (Lipinski definition) is 3. The van der Waals surface area contributed by atoms with Crippen molar-refractivity contribution in [1.29, 1.82) is 0 Å². The number of anilines is 1. The second kappa shape index (κ2) is 7.19. The third kappa shape index (κ3) is 4.59. The smallest absolute Gasteiger partial charge is 0.130 e. The van der Waals surface area contributed by atoms with Crippen LogP contribution < -0.4 is 5.01 Å². The lowest BCUT2D eigenvalue weighted by Crippen LogP contribution is -2.16. The zero-order valence-corrected chi connectivity index (χ0v) is 12.6. The van der Waals surface area contributed by atoms with Gasteiger partial charge >= 0.3 is 0 Å². The fraction of sp³-hybridized carbons (Fsp3) is 0.286. The van der Waals surface area contributed by atoms with Gasteiger partial charge in [-0.25, -0.2) is 9.40 Å². The molecule has 0 fully saturated rings. The first-order chi connectivity index (χ1) is 8.95. The van der Waals surface area contributed by atoms with Crippen LogP contribution in [-0.2, 0) is 4.79 Å². The highest BCUT2D eigenvalue weighted by Crippen LogP contribution is 2.27. The summed E-state index contributed by atoms with van der Waals surface area (Å²) in [7, 11) is 0. The van der Waals surface area contributed by atoms with Gasteiger partial charge < -0.3 is 4.79 Å². The van der Waals surface area contributed by atoms with Crippen LogP contribution in [0.15, 0.2) is 39.5 Å². The molecular formula is C14H16BrFN2O. The Kier molecular flexibility index (Phi) is 5.89. The topological polar surface area (TPSA) is 32.7 Å². The van der Waals surface area contributed by atoms with Crippen LogP contribution in [0.2, 0.25) is 0 Å². The van der Waals surface area contributed by atoms with E-state index in [2.05, 4.69) is 27.7 Å². The molecule has 102 valence electrons. The van der Waals surface area contributed by atoms with Crippen molar-refractivity contribution >= 4 is 34.1 Å². The number of hydrogen-bond donors (Lipinski definition) is 0. The molecule has 0 heterocycles. The van der Waals surface area contributed by atoms with E-state index in [1.54, 1.807) is 24.1 Å². The van der Waals surface area contributed by atoms with Gasteiger partial charge in [0.25, 0.3) is 0 Å². The maximum Gasteiger partial charge on any atom is 0.130 e. The van der Waals surface area contributed by atoms with Crippen LogP contribution in [0, 0.1) is 5.82 Å². The second-order valence-electron chi connectivity index (χ2n) is 4.11. The molecule has 0 saturated carbocycles. The van der Waals surface area contributed by atoms with Gasteiger partial charge in [-0.05, 0) is 44.5 Å². The number of hydrazone groups is 1. The molecule has 0 N–H and O–H groups in total. The molecule has 19 heavy (non-hydrogen) atoms. The number of carbonyl (C=O) groups is 1. The minimum Gasteiger partial charge on any atom is -0.300 e. The molecule has 0 saturated heterocycles. The summed E-state index contributed by atoms with van der Waals surface area (Å²) in [5.41, 5.74) is 1.53. The Balaban J connectivity index is 3.04. The maximum absolute atomic E-state index is 12.9. The molecule has 0 aliphatic rings. The van der Waals surface area contributed by atoms with E-state index in [1.165, 1.54) is 12.1 Å². The molecule has 5 heteroatoms. The lowest BCUT2D eigenvalue weighted by molar-refractivity contribution is -0.116. The van der Waals surface area contributed by atoms with Crippen molar-refractivity contribution in [2.75, 3.05) is 5.01 Å². The third-order valence-corrected chi connectivity index (χ3v) is 3.04. The Morgan fingerprint density at radius 3 is 2.32 bits per heavy atom. The zero-order chi connectivity index (χ0) is 14.4. The van der Waals surface area contributed by atoms with Crippen LogP contribution in [0.4, 0.5) is 10.1 Å². The minimum absolute atomic E-state index is 0.106. The number of nitrogens with zero attached hydrogens (tertiary/aromatic N) is 2. The number of halogens is 2. The van der Waals surface area contributed by atoms with Crippen LogP contribution in [0.1, 0.15) is 26.7 Å². The van der Waals surface area contributed by atoms with E-state index in [-0.39, 0.29) is 11.6 Å². The van der Waals surface area contributed by atoms with Crippen LogP contribution >= 0.6 is 15.9 Å². The van der Waals surface area contributed by atoms with Crippen LogP contribution in [0.3, 0.4) is 0 Å². The standard InChI is InChI=1S/C14H16BrFN2O/c1-10(19)4-9-14(11(2)15)18(17-3)13-7-5-12(16)6-8-13/h5-8H,3-4,9H2,1-2H3/b14-11+. The maximum atomic E-state index is 12.9. The van der Waals surface area contributed by atoms with E-state index in [0.717, 1.165) is 10.2 Å². The van der Waals surface area contributed by atoms with Gasteiger partial charge in [0, 0.05) is 17.6 Å². The predicted octanol–water partition coefficient (Wildman–Crippen LogP) is 4.24. The Bertz CT molecular complexity index is 493. The Morgan fingerprint density at radius 1 is 1.32 bits per heavy atom. The van der Waals surface area contributed by atoms with Gasteiger partial charge in [-0.15, -0.1) is 0 Å². The molecule has 0 aromatic heterocycles. The molecule has 0 aliphatic heterocycles. The molecule has 0 spiro atoms. The molecule has 0 radical (unpaired) electrons. The van der Waals surface area contributed by atoms with Crippen molar-refractivity contribution in [3.63, 3.8) is 0 Å². The monoisotopic (exact) mass is 326 g/mol. The van der Waals surface area contributed by atoms with E-state index in [0.29, 0.717) is 18.5 Å². The molecule has 1 rings (SSSR count). The van der Waals surface area contributed by atoms with E-state index in [9.17, 15) is 9.18 Å². The fourth-order valence-corrected chi connectivity index (χ4v) is 1.99. The van der Waals surface area contributed by atoms with Crippen molar-refractivity contribution in [3.05, 3.63) is 40.3 Å². The van der Waals surface area contributed by atoms with Crippen LogP contribution in [-0.4, -0.2) is 12.5 Å². The number of benzene rings is 1. The van der Waals surface area contributed by atoms with E-state index in [4.69, 9.17) is 0 Å². The summed E-state index contributed by atoms with van der Waals surface area (Å²) >= 11 is 3.41. The SMILES string of the molecule is C=NN(/C(CCC(C)=O)=C(\C)Br)c1ccc(F)cc1. The van der Waals surface area contributed by atoms with Crippen molar-refractivity contribution in [3.8, 4) is 0 Å². The second-order valence-corrected chi connectivity index (χ2v) is 5.30. The van der Waals surface area contributed by atoms with E-state index < -0.39 is 0 Å². The minimum atomic E-state index is -0.308. The fourth-order valence-electron chi connectivity index (χ4n) is 1.62. The average molecular weight is 327 g/mol. The molecule has 0 unspecified atom stereocenters. The summed E-state index contributed by atoms with van der Waals surface area (Å²) in [6.45, 7) is 6.95. The lowest BCUT2D eigenvalue weighted by Gasteiger charge is -2.22. The summed E-state index contributed by atoms with van der Waals surface area (Å²) < 4.78 is 13.8. The molecule has 1 aromatic rings. The molecule has 0 atom stereocenters. The molecule has 3 nitrogen and oxygen atoms in total. The third-order valence-electron chi connectivity index (χ3n) is 2.58. The normalized spacial score (nSPS) is 11.8. The average Bonchev–Trinajstić information content (AvgIpc) is 2.35. The summed E-state index contributed by atoms with van der Waals surface area (Å²) in [5, 5.41) is 5.55. The number of ketones is 1. The number of carbonyl (C=O) groups excluding carboxylic acids is 1. The van der Waals surface area contributed by atoms with Gasteiger partial charge in [-0.2, -0.15) is 5.10 Å². The largest absolute Gasteiger partial charge is 0.300 e. The number of rotatable bonds is 6. The molecule has 0 amide bonds. The molecule has 1 aromatic carbocycles. The van der Waals surface area contributed by atoms with Gasteiger partial charge in [0.2, 0.25) is 0 Å². The van der Waals surface area contributed by atoms with E-state index in [1.807, 2.05) is 6.92 Å². The summed E-state index contributed by atoms with van der Waals surface area (Å²) in [6.07, 6.45) is 0.967. The summed E-state index contributed by atoms with van der Waals surface area (Å²) in [6, 6.07) is 5.96. The Labute approximate surface area is 120 Å². The molecule has 0 bridgehead atoms. The summed E-state index contributed by atoms with van der Waals surface area (Å²) in [5.74, 6) is -0.202. The predicted molar refractivity (Wildman–Crippen MR) is 80.0 cm³/mol.